The van der Waals surface area contributed by atoms with E-state index in [-0.39, 0.29) is 11.9 Å². The molecule has 1 aromatic heterocycles. The molecular formula is C10H14F3N3. The molecule has 0 aliphatic rings. The van der Waals surface area contributed by atoms with Gasteiger partial charge in [-0.1, -0.05) is 0 Å². The van der Waals surface area contributed by atoms with E-state index in [0.29, 0.717) is 0 Å². The largest absolute Gasteiger partial charge is 0.405 e. The predicted octanol–water partition coefficient (Wildman–Crippen LogP) is 2.10. The molecule has 90 valence electrons. The van der Waals surface area contributed by atoms with Crippen molar-refractivity contribution < 1.29 is 13.2 Å². The van der Waals surface area contributed by atoms with Crippen molar-refractivity contribution in [2.75, 3.05) is 18.5 Å². The first-order chi connectivity index (χ1) is 7.29. The van der Waals surface area contributed by atoms with Crippen LogP contribution in [0.3, 0.4) is 0 Å². The lowest BCUT2D eigenvalue weighted by atomic mass is 10.1. The Labute approximate surface area is 92.1 Å². The Morgan fingerprint density at radius 2 is 2.12 bits per heavy atom. The van der Waals surface area contributed by atoms with Crippen LogP contribution in [-0.4, -0.2) is 24.8 Å². The van der Waals surface area contributed by atoms with Gasteiger partial charge in [0.25, 0.3) is 0 Å². The summed E-state index contributed by atoms with van der Waals surface area (Å²) in [5.74, 6) is 0.270. The fraction of sp³-hybridized carbons (Fsp3) is 0.500. The number of anilines is 1. The van der Waals surface area contributed by atoms with Gasteiger partial charge in [0, 0.05) is 19.3 Å². The molecule has 0 amide bonds. The number of alkyl halides is 3. The average molecular weight is 233 g/mol. The fourth-order valence-corrected chi connectivity index (χ4v) is 1.28. The summed E-state index contributed by atoms with van der Waals surface area (Å²) in [5, 5.41) is 0. The molecule has 0 radical (unpaired) electrons. The number of hydrogen-bond acceptors (Lipinski definition) is 3. The van der Waals surface area contributed by atoms with Crippen molar-refractivity contribution >= 4 is 5.82 Å². The third-order valence-electron chi connectivity index (χ3n) is 2.10. The molecule has 1 atom stereocenters. The zero-order chi connectivity index (χ0) is 12.3. The molecule has 0 bridgehead atoms. The molecule has 0 aliphatic heterocycles. The standard InChI is InChI=1S/C10H14F3N3/c1-7(14)8-3-4-15-9(5-8)16(2)6-10(11,12)13/h3-5,7H,6,14H2,1-2H3. The van der Waals surface area contributed by atoms with E-state index in [4.69, 9.17) is 5.73 Å². The first-order valence-corrected chi connectivity index (χ1v) is 4.79. The second-order valence-corrected chi connectivity index (χ2v) is 3.71. The lowest BCUT2D eigenvalue weighted by Crippen LogP contribution is -2.31. The zero-order valence-electron chi connectivity index (χ0n) is 9.12. The van der Waals surface area contributed by atoms with Crippen molar-refractivity contribution in [2.24, 2.45) is 5.73 Å². The summed E-state index contributed by atoms with van der Waals surface area (Å²) >= 11 is 0. The van der Waals surface area contributed by atoms with Crippen molar-refractivity contribution in [2.45, 2.75) is 19.1 Å². The molecule has 2 N–H and O–H groups in total. The lowest BCUT2D eigenvalue weighted by Gasteiger charge is -2.20. The molecule has 0 aromatic carbocycles. The third kappa shape index (κ3) is 3.69. The average Bonchev–Trinajstić information content (AvgIpc) is 2.15. The van der Waals surface area contributed by atoms with Gasteiger partial charge in [0.05, 0.1) is 0 Å². The van der Waals surface area contributed by atoms with Crippen LogP contribution >= 0.6 is 0 Å². The third-order valence-corrected chi connectivity index (χ3v) is 2.10. The Kier molecular flexibility index (Phi) is 3.74. The van der Waals surface area contributed by atoms with E-state index in [0.717, 1.165) is 10.5 Å². The summed E-state index contributed by atoms with van der Waals surface area (Å²) in [6.45, 7) is 0.741. The number of halogens is 3. The minimum atomic E-state index is -4.24. The molecule has 1 rings (SSSR count). The quantitative estimate of drug-likeness (QED) is 0.869. The van der Waals surface area contributed by atoms with Crippen LogP contribution in [-0.2, 0) is 0 Å². The second kappa shape index (κ2) is 4.69. The van der Waals surface area contributed by atoms with Crippen molar-refractivity contribution in [1.82, 2.24) is 4.98 Å². The number of nitrogens with two attached hydrogens (primary N) is 1. The van der Waals surface area contributed by atoms with Gasteiger partial charge in [-0.05, 0) is 24.6 Å². The van der Waals surface area contributed by atoms with Crippen LogP contribution in [0.15, 0.2) is 18.3 Å². The van der Waals surface area contributed by atoms with Gasteiger partial charge >= 0.3 is 6.18 Å². The molecule has 0 aliphatic carbocycles. The normalized spacial score (nSPS) is 13.6. The smallest absolute Gasteiger partial charge is 0.351 e. The maximum Gasteiger partial charge on any atom is 0.405 e. The number of nitrogens with zero attached hydrogens (tertiary/aromatic N) is 2. The van der Waals surface area contributed by atoms with Crippen LogP contribution in [0.1, 0.15) is 18.5 Å². The summed E-state index contributed by atoms with van der Waals surface area (Å²) in [7, 11) is 1.35. The number of rotatable bonds is 3. The summed E-state index contributed by atoms with van der Waals surface area (Å²) in [6.07, 6.45) is -2.78. The molecule has 3 nitrogen and oxygen atoms in total. The highest BCUT2D eigenvalue weighted by molar-refractivity contribution is 5.41. The maximum atomic E-state index is 12.2. The Morgan fingerprint density at radius 3 is 2.62 bits per heavy atom. The van der Waals surface area contributed by atoms with Crippen LogP contribution in [0.2, 0.25) is 0 Å². The molecule has 0 fully saturated rings. The fourth-order valence-electron chi connectivity index (χ4n) is 1.28. The summed E-state index contributed by atoms with van der Waals surface area (Å²) in [5.41, 5.74) is 6.40. The van der Waals surface area contributed by atoms with E-state index in [1.165, 1.54) is 13.2 Å². The summed E-state index contributed by atoms with van der Waals surface area (Å²) in [4.78, 5) is 4.92. The molecule has 1 aromatic rings. The van der Waals surface area contributed by atoms with E-state index in [1.54, 1.807) is 19.1 Å². The summed E-state index contributed by atoms with van der Waals surface area (Å²) in [6, 6.07) is 3.03. The SMILES string of the molecule is CC(N)c1ccnc(N(C)CC(F)(F)F)c1. The molecule has 1 unspecified atom stereocenters. The van der Waals surface area contributed by atoms with Gasteiger partial charge < -0.3 is 10.6 Å². The molecule has 0 saturated heterocycles. The van der Waals surface area contributed by atoms with Crippen LogP contribution < -0.4 is 10.6 Å². The topological polar surface area (TPSA) is 42.1 Å². The summed E-state index contributed by atoms with van der Waals surface area (Å²) < 4.78 is 36.5. The van der Waals surface area contributed by atoms with Crippen LogP contribution in [0.5, 0.6) is 0 Å². The minimum absolute atomic E-state index is 0.221. The predicted molar refractivity (Wildman–Crippen MR) is 56.2 cm³/mol. The first-order valence-electron chi connectivity index (χ1n) is 4.79. The Bertz CT molecular complexity index is 349. The van der Waals surface area contributed by atoms with Crippen molar-refractivity contribution in [3.8, 4) is 0 Å². The van der Waals surface area contributed by atoms with Crippen molar-refractivity contribution in [3.63, 3.8) is 0 Å². The number of hydrogen-bond donors (Lipinski definition) is 1. The van der Waals surface area contributed by atoms with Gasteiger partial charge in [0.15, 0.2) is 0 Å². The highest BCUT2D eigenvalue weighted by Gasteiger charge is 2.29. The monoisotopic (exact) mass is 233 g/mol. The van der Waals surface area contributed by atoms with Crippen molar-refractivity contribution in [1.29, 1.82) is 0 Å². The molecule has 16 heavy (non-hydrogen) atoms. The van der Waals surface area contributed by atoms with Crippen LogP contribution in [0, 0.1) is 0 Å². The van der Waals surface area contributed by atoms with E-state index in [2.05, 4.69) is 4.98 Å². The van der Waals surface area contributed by atoms with Gasteiger partial charge in [-0.15, -0.1) is 0 Å². The molecule has 0 spiro atoms. The lowest BCUT2D eigenvalue weighted by molar-refractivity contribution is -0.119. The second-order valence-electron chi connectivity index (χ2n) is 3.71. The maximum absolute atomic E-state index is 12.2. The Balaban J connectivity index is 2.83. The highest BCUT2D eigenvalue weighted by Crippen LogP contribution is 2.21. The molecule has 0 saturated carbocycles. The Morgan fingerprint density at radius 1 is 1.50 bits per heavy atom. The zero-order valence-corrected chi connectivity index (χ0v) is 9.12. The van der Waals surface area contributed by atoms with Gasteiger partial charge in [-0.3, -0.25) is 0 Å². The van der Waals surface area contributed by atoms with E-state index in [1.807, 2.05) is 0 Å². The molecule has 1 heterocycles. The van der Waals surface area contributed by atoms with Crippen molar-refractivity contribution in [3.05, 3.63) is 23.9 Å². The van der Waals surface area contributed by atoms with Gasteiger partial charge in [-0.25, -0.2) is 4.98 Å². The van der Waals surface area contributed by atoms with Gasteiger partial charge in [0.1, 0.15) is 12.4 Å². The van der Waals surface area contributed by atoms with E-state index in [9.17, 15) is 13.2 Å². The Hall–Kier alpha value is -1.30. The molecular weight excluding hydrogens is 219 g/mol. The number of aromatic nitrogens is 1. The van der Waals surface area contributed by atoms with E-state index < -0.39 is 12.7 Å². The highest BCUT2D eigenvalue weighted by atomic mass is 19.4. The minimum Gasteiger partial charge on any atom is -0.351 e. The van der Waals surface area contributed by atoms with Gasteiger partial charge in [-0.2, -0.15) is 13.2 Å². The molecule has 6 heteroatoms. The van der Waals surface area contributed by atoms with Crippen LogP contribution in [0.4, 0.5) is 19.0 Å². The van der Waals surface area contributed by atoms with E-state index >= 15 is 0 Å². The van der Waals surface area contributed by atoms with Crippen LogP contribution in [0.25, 0.3) is 0 Å². The number of pyridine rings is 1. The van der Waals surface area contributed by atoms with Gasteiger partial charge in [0.2, 0.25) is 0 Å². The first kappa shape index (κ1) is 12.8.